The van der Waals surface area contributed by atoms with Crippen LogP contribution in [0.1, 0.15) is 31.8 Å². The third kappa shape index (κ3) is 3.78. The number of methoxy groups -OCH3 is 4. The van der Waals surface area contributed by atoms with E-state index in [1.54, 1.807) is 13.0 Å². The van der Waals surface area contributed by atoms with Crippen LogP contribution in [0.4, 0.5) is 0 Å². The zero-order chi connectivity index (χ0) is 22.0. The maximum Gasteiger partial charge on any atom is 0.340 e. The number of rotatable bonds is 6. The maximum absolute atomic E-state index is 13.6. The van der Waals surface area contributed by atoms with Gasteiger partial charge in [0, 0.05) is 13.2 Å². The van der Waals surface area contributed by atoms with Crippen LogP contribution in [0.2, 0.25) is 0 Å². The summed E-state index contributed by atoms with van der Waals surface area (Å²) in [6.45, 7) is 1.76. The first-order valence-corrected chi connectivity index (χ1v) is 9.92. The molecule has 9 heteroatoms. The molecule has 8 nitrogen and oxygen atoms in total. The van der Waals surface area contributed by atoms with Crippen molar-refractivity contribution in [2.45, 2.75) is 18.1 Å². The van der Waals surface area contributed by atoms with Crippen molar-refractivity contribution in [2.75, 3.05) is 34.2 Å². The Morgan fingerprint density at radius 1 is 1.03 bits per heavy atom. The molecule has 0 spiro atoms. The van der Waals surface area contributed by atoms with Crippen molar-refractivity contribution in [2.24, 2.45) is 0 Å². The summed E-state index contributed by atoms with van der Waals surface area (Å²) >= 11 is 1.30. The Labute approximate surface area is 178 Å². The number of phenolic OH excluding ortho intramolecular Hbond substituents is 1. The number of ketones is 1. The number of hydrogen-bond donors (Lipinski definition) is 1. The summed E-state index contributed by atoms with van der Waals surface area (Å²) in [6.07, 6.45) is -0.513. The van der Waals surface area contributed by atoms with Crippen molar-refractivity contribution in [1.29, 1.82) is 0 Å². The lowest BCUT2D eigenvalue weighted by molar-refractivity contribution is -0.0388. The molecule has 0 aromatic heterocycles. The molecule has 30 heavy (non-hydrogen) atoms. The molecule has 0 amide bonds. The van der Waals surface area contributed by atoms with E-state index in [2.05, 4.69) is 0 Å². The highest BCUT2D eigenvalue weighted by Crippen LogP contribution is 2.45. The van der Waals surface area contributed by atoms with Gasteiger partial charge in [0.2, 0.25) is 12.1 Å². The monoisotopic (exact) mass is 434 g/mol. The summed E-state index contributed by atoms with van der Waals surface area (Å²) in [5.41, 5.74) is 0.579. The van der Waals surface area contributed by atoms with E-state index in [0.29, 0.717) is 22.0 Å². The van der Waals surface area contributed by atoms with Gasteiger partial charge >= 0.3 is 5.97 Å². The summed E-state index contributed by atoms with van der Waals surface area (Å²) in [5.74, 6) is -0.616. The standard InChI is InChI=1S/C21H22O8S/c1-10-6-11(22)16(12(7-10)25-2)19(23)17-13(26-3)8-14-20(18(17)21(24)28-5)30-9-15(27-4)29-14/h6-8,15,22H,9H2,1-5H3. The van der Waals surface area contributed by atoms with Crippen molar-refractivity contribution < 1.29 is 38.4 Å². The van der Waals surface area contributed by atoms with Crippen LogP contribution in [-0.4, -0.2) is 57.3 Å². The van der Waals surface area contributed by atoms with E-state index < -0.39 is 18.0 Å². The number of phenols is 1. The SMILES string of the molecule is COC(=O)c1c2c(cc(OC)c1C(=O)c1c(O)cc(C)cc1OC)OC(OC)CS2. The van der Waals surface area contributed by atoms with E-state index >= 15 is 0 Å². The fraction of sp³-hybridized carbons (Fsp3) is 0.333. The van der Waals surface area contributed by atoms with E-state index in [1.165, 1.54) is 52.3 Å². The zero-order valence-corrected chi connectivity index (χ0v) is 18.0. The molecule has 1 heterocycles. The van der Waals surface area contributed by atoms with Crippen molar-refractivity contribution in [3.63, 3.8) is 0 Å². The number of aryl methyl sites for hydroxylation is 1. The second kappa shape index (κ2) is 8.85. The normalized spacial score (nSPS) is 15.0. The number of thioether (sulfide) groups is 1. The first-order valence-electron chi connectivity index (χ1n) is 8.94. The van der Waals surface area contributed by atoms with Crippen molar-refractivity contribution in [1.82, 2.24) is 0 Å². The number of benzene rings is 2. The van der Waals surface area contributed by atoms with Gasteiger partial charge in [0.15, 0.2) is 0 Å². The minimum atomic E-state index is -0.731. The van der Waals surface area contributed by atoms with Gasteiger partial charge in [-0.25, -0.2) is 4.79 Å². The number of carbonyl (C=O) groups excluding carboxylic acids is 2. The molecule has 0 radical (unpaired) electrons. The summed E-state index contributed by atoms with van der Waals surface area (Å²) in [6, 6.07) is 4.58. The van der Waals surface area contributed by atoms with Crippen LogP contribution in [0.15, 0.2) is 23.1 Å². The van der Waals surface area contributed by atoms with Gasteiger partial charge in [-0.3, -0.25) is 4.79 Å². The van der Waals surface area contributed by atoms with Crippen molar-refractivity contribution >= 4 is 23.5 Å². The second-order valence-electron chi connectivity index (χ2n) is 6.43. The third-order valence-electron chi connectivity index (χ3n) is 4.60. The summed E-state index contributed by atoms with van der Waals surface area (Å²) < 4.78 is 26.7. The van der Waals surface area contributed by atoms with Crippen LogP contribution < -0.4 is 14.2 Å². The first-order chi connectivity index (χ1) is 14.4. The van der Waals surface area contributed by atoms with Gasteiger partial charge in [-0.05, 0) is 24.6 Å². The molecule has 2 aromatic carbocycles. The highest BCUT2D eigenvalue weighted by molar-refractivity contribution is 7.99. The average Bonchev–Trinajstić information content (AvgIpc) is 2.75. The lowest BCUT2D eigenvalue weighted by Gasteiger charge is -2.27. The van der Waals surface area contributed by atoms with Crippen LogP contribution in [0, 0.1) is 6.92 Å². The fourth-order valence-corrected chi connectivity index (χ4v) is 4.31. The van der Waals surface area contributed by atoms with E-state index in [-0.39, 0.29) is 33.9 Å². The largest absolute Gasteiger partial charge is 0.507 e. The molecular formula is C21H22O8S. The highest BCUT2D eigenvalue weighted by Gasteiger charge is 2.35. The number of carbonyl (C=O) groups is 2. The van der Waals surface area contributed by atoms with Crippen molar-refractivity contribution in [3.05, 3.63) is 40.5 Å². The molecule has 1 unspecified atom stereocenters. The summed E-state index contributed by atoms with van der Waals surface area (Å²) in [4.78, 5) is 26.7. The van der Waals surface area contributed by atoms with Crippen LogP contribution >= 0.6 is 11.8 Å². The number of esters is 1. The summed E-state index contributed by atoms with van der Waals surface area (Å²) in [7, 11) is 5.50. The Morgan fingerprint density at radius 3 is 2.30 bits per heavy atom. The molecule has 1 aliphatic heterocycles. The van der Waals surface area contributed by atoms with Gasteiger partial charge in [0.1, 0.15) is 28.6 Å². The Morgan fingerprint density at radius 2 is 1.70 bits per heavy atom. The van der Waals surface area contributed by atoms with Gasteiger partial charge in [0.25, 0.3) is 0 Å². The predicted molar refractivity (Wildman–Crippen MR) is 109 cm³/mol. The Balaban J connectivity index is 2.29. The maximum atomic E-state index is 13.6. The first kappa shape index (κ1) is 21.8. The average molecular weight is 434 g/mol. The van der Waals surface area contributed by atoms with Crippen LogP contribution in [0.25, 0.3) is 0 Å². The topological polar surface area (TPSA) is 101 Å². The molecule has 0 saturated carbocycles. The summed E-state index contributed by atoms with van der Waals surface area (Å²) in [5, 5.41) is 10.5. The molecule has 2 aromatic rings. The quantitative estimate of drug-likeness (QED) is 0.542. The molecule has 1 aliphatic rings. The number of aromatic hydroxyl groups is 1. The van der Waals surface area contributed by atoms with Gasteiger partial charge < -0.3 is 28.8 Å². The van der Waals surface area contributed by atoms with Gasteiger partial charge in [-0.15, -0.1) is 11.8 Å². The highest BCUT2D eigenvalue weighted by atomic mass is 32.2. The Kier molecular flexibility index (Phi) is 6.42. The smallest absolute Gasteiger partial charge is 0.340 e. The van der Waals surface area contributed by atoms with Gasteiger partial charge in [0.05, 0.1) is 43.1 Å². The van der Waals surface area contributed by atoms with E-state index in [0.717, 1.165) is 0 Å². The molecule has 1 atom stereocenters. The number of fused-ring (bicyclic) bond motifs is 1. The van der Waals surface area contributed by atoms with Crippen molar-refractivity contribution in [3.8, 4) is 23.0 Å². The molecule has 3 rings (SSSR count). The minimum absolute atomic E-state index is 0.00145. The van der Waals surface area contributed by atoms with Crippen LogP contribution in [0.5, 0.6) is 23.0 Å². The third-order valence-corrected chi connectivity index (χ3v) is 5.74. The van der Waals surface area contributed by atoms with Gasteiger partial charge in [-0.1, -0.05) is 0 Å². The molecular weight excluding hydrogens is 412 g/mol. The number of hydrogen-bond acceptors (Lipinski definition) is 9. The lowest BCUT2D eigenvalue weighted by atomic mass is 9.94. The molecule has 0 saturated heterocycles. The lowest BCUT2D eigenvalue weighted by Crippen LogP contribution is -2.27. The molecule has 160 valence electrons. The predicted octanol–water partition coefficient (Wildman–Crippen LogP) is 3.19. The molecule has 1 N–H and O–H groups in total. The zero-order valence-electron chi connectivity index (χ0n) is 17.2. The molecule has 0 aliphatic carbocycles. The second-order valence-corrected chi connectivity index (χ2v) is 7.46. The minimum Gasteiger partial charge on any atom is -0.507 e. The van der Waals surface area contributed by atoms with Crippen LogP contribution in [-0.2, 0) is 9.47 Å². The Hall–Kier alpha value is -2.91. The van der Waals surface area contributed by atoms with E-state index in [4.69, 9.17) is 23.7 Å². The van der Waals surface area contributed by atoms with Gasteiger partial charge in [-0.2, -0.15) is 0 Å². The van der Waals surface area contributed by atoms with E-state index in [1.807, 2.05) is 0 Å². The molecule has 0 fully saturated rings. The number of ether oxygens (including phenoxy) is 5. The van der Waals surface area contributed by atoms with E-state index in [9.17, 15) is 14.7 Å². The molecule has 0 bridgehead atoms. The van der Waals surface area contributed by atoms with Crippen LogP contribution in [0.3, 0.4) is 0 Å². The Bertz CT molecular complexity index is 1000. The fourth-order valence-electron chi connectivity index (χ4n) is 3.22.